The second-order valence-electron chi connectivity index (χ2n) is 1.35. The van der Waals surface area contributed by atoms with E-state index < -0.39 is 0 Å². The smallest absolute Gasteiger partial charge is 0.262 e. The largest absolute Gasteiger partial charge is 0.328 e. The molecule has 3 heteroatoms. The van der Waals surface area contributed by atoms with Gasteiger partial charge in [0, 0.05) is 6.20 Å². The van der Waals surface area contributed by atoms with Gasteiger partial charge in [-0.05, 0) is 28.1 Å². The summed E-state index contributed by atoms with van der Waals surface area (Å²) in [5, 5.41) is 0. The molecular formula is C7H10BrNO. The Morgan fingerprint density at radius 1 is 1.50 bits per heavy atom. The zero-order valence-electron chi connectivity index (χ0n) is 6.02. The van der Waals surface area contributed by atoms with Crippen LogP contribution >= 0.6 is 15.9 Å². The Bertz CT molecular complexity index is 231. The lowest BCUT2D eigenvalue weighted by Crippen LogP contribution is -2.02. The van der Waals surface area contributed by atoms with E-state index in [0.717, 1.165) is 0 Å². The molecule has 1 rings (SSSR count). The van der Waals surface area contributed by atoms with E-state index in [-0.39, 0.29) is 5.56 Å². The van der Waals surface area contributed by atoms with Crippen molar-refractivity contribution < 1.29 is 0 Å². The molecule has 10 heavy (non-hydrogen) atoms. The van der Waals surface area contributed by atoms with Crippen molar-refractivity contribution in [3.05, 3.63) is 33.2 Å². The predicted molar refractivity (Wildman–Crippen MR) is 46.1 cm³/mol. The Kier molecular flexibility index (Phi) is 4.94. The second kappa shape index (κ2) is 5.23. The molecule has 0 radical (unpaired) electrons. The van der Waals surface area contributed by atoms with Gasteiger partial charge < -0.3 is 4.98 Å². The van der Waals surface area contributed by atoms with Crippen molar-refractivity contribution in [3.8, 4) is 0 Å². The van der Waals surface area contributed by atoms with Crippen LogP contribution in [0.15, 0.2) is 27.6 Å². The SMILES string of the molecule is CC.O=c1[nH]cccc1Br. The van der Waals surface area contributed by atoms with Gasteiger partial charge in [-0.1, -0.05) is 13.8 Å². The summed E-state index contributed by atoms with van der Waals surface area (Å²) in [4.78, 5) is 13.0. The van der Waals surface area contributed by atoms with Crippen LogP contribution in [0.2, 0.25) is 0 Å². The van der Waals surface area contributed by atoms with Crippen LogP contribution in [0, 0.1) is 0 Å². The highest BCUT2D eigenvalue weighted by atomic mass is 79.9. The maximum Gasteiger partial charge on any atom is 0.262 e. The number of rotatable bonds is 0. The zero-order chi connectivity index (χ0) is 7.98. The van der Waals surface area contributed by atoms with Gasteiger partial charge in [-0.3, -0.25) is 4.79 Å². The van der Waals surface area contributed by atoms with Gasteiger partial charge >= 0.3 is 0 Å². The molecular weight excluding hydrogens is 194 g/mol. The number of hydrogen-bond donors (Lipinski definition) is 1. The molecule has 0 aromatic carbocycles. The average Bonchev–Trinajstić information content (AvgIpc) is 2.00. The molecule has 0 aliphatic carbocycles. The molecule has 1 heterocycles. The molecule has 0 saturated carbocycles. The lowest BCUT2D eigenvalue weighted by Gasteiger charge is -1.81. The third-order valence-electron chi connectivity index (χ3n) is 0.770. The van der Waals surface area contributed by atoms with Crippen LogP contribution < -0.4 is 5.56 Å². The molecule has 0 bridgehead atoms. The number of aromatic nitrogens is 1. The Morgan fingerprint density at radius 3 is 2.40 bits per heavy atom. The van der Waals surface area contributed by atoms with Gasteiger partial charge in [0.2, 0.25) is 0 Å². The van der Waals surface area contributed by atoms with Crippen molar-refractivity contribution in [1.29, 1.82) is 0 Å². The number of H-pyrrole nitrogens is 1. The standard InChI is InChI=1S/C5H4BrNO.C2H6/c6-4-2-1-3-7-5(4)8;1-2/h1-3H,(H,7,8);1-2H3. The Labute approximate surface area is 68.4 Å². The fraction of sp³-hybridized carbons (Fsp3) is 0.286. The maximum atomic E-state index is 10.5. The van der Waals surface area contributed by atoms with Crippen LogP contribution in [0.25, 0.3) is 0 Å². The zero-order valence-corrected chi connectivity index (χ0v) is 7.60. The van der Waals surface area contributed by atoms with Crippen molar-refractivity contribution in [2.75, 3.05) is 0 Å². The monoisotopic (exact) mass is 203 g/mol. The Balaban J connectivity index is 0.000000371. The van der Waals surface area contributed by atoms with Crippen molar-refractivity contribution in [1.82, 2.24) is 4.98 Å². The summed E-state index contributed by atoms with van der Waals surface area (Å²) in [6, 6.07) is 3.45. The van der Waals surface area contributed by atoms with Crippen LogP contribution in [0.5, 0.6) is 0 Å². The molecule has 0 amide bonds. The fourth-order valence-corrected chi connectivity index (χ4v) is 0.668. The lowest BCUT2D eigenvalue weighted by atomic mass is 10.5. The van der Waals surface area contributed by atoms with Crippen molar-refractivity contribution in [3.63, 3.8) is 0 Å². The maximum absolute atomic E-state index is 10.5. The van der Waals surface area contributed by atoms with Gasteiger partial charge in [0.05, 0.1) is 4.47 Å². The molecule has 0 fully saturated rings. The van der Waals surface area contributed by atoms with Gasteiger partial charge in [0.25, 0.3) is 5.56 Å². The van der Waals surface area contributed by atoms with Crippen molar-refractivity contribution in [2.24, 2.45) is 0 Å². The molecule has 1 aromatic rings. The summed E-state index contributed by atoms with van der Waals surface area (Å²) in [5.41, 5.74) is -0.0903. The van der Waals surface area contributed by atoms with Gasteiger partial charge in [0.1, 0.15) is 0 Å². The summed E-state index contributed by atoms with van der Waals surface area (Å²) in [5.74, 6) is 0. The number of halogens is 1. The van der Waals surface area contributed by atoms with Crippen LogP contribution in [0.4, 0.5) is 0 Å². The molecule has 0 aliphatic heterocycles. The van der Waals surface area contributed by atoms with Gasteiger partial charge in [-0.2, -0.15) is 0 Å². The molecule has 0 spiro atoms. The highest BCUT2D eigenvalue weighted by Gasteiger charge is 1.86. The van der Waals surface area contributed by atoms with Gasteiger partial charge in [-0.25, -0.2) is 0 Å². The minimum Gasteiger partial charge on any atom is -0.328 e. The van der Waals surface area contributed by atoms with Gasteiger partial charge in [0.15, 0.2) is 0 Å². The average molecular weight is 204 g/mol. The first-order valence-electron chi connectivity index (χ1n) is 3.14. The first-order chi connectivity index (χ1) is 4.80. The summed E-state index contributed by atoms with van der Waals surface area (Å²) in [6.07, 6.45) is 1.59. The van der Waals surface area contributed by atoms with Crippen LogP contribution in [0.3, 0.4) is 0 Å². The molecule has 0 atom stereocenters. The summed E-state index contributed by atoms with van der Waals surface area (Å²) in [7, 11) is 0. The van der Waals surface area contributed by atoms with Crippen LogP contribution in [0.1, 0.15) is 13.8 Å². The highest BCUT2D eigenvalue weighted by Crippen LogP contribution is 1.96. The quantitative estimate of drug-likeness (QED) is 0.690. The Morgan fingerprint density at radius 2 is 2.10 bits per heavy atom. The minimum absolute atomic E-state index is 0.0903. The third-order valence-corrected chi connectivity index (χ3v) is 1.39. The van der Waals surface area contributed by atoms with Crippen molar-refractivity contribution >= 4 is 15.9 Å². The number of hydrogen-bond acceptors (Lipinski definition) is 1. The number of pyridine rings is 1. The van der Waals surface area contributed by atoms with E-state index in [0.29, 0.717) is 4.47 Å². The van der Waals surface area contributed by atoms with E-state index in [9.17, 15) is 4.79 Å². The minimum atomic E-state index is -0.0903. The molecule has 1 N–H and O–H groups in total. The second-order valence-corrected chi connectivity index (χ2v) is 2.20. The lowest BCUT2D eigenvalue weighted by molar-refractivity contribution is 1.22. The Hall–Kier alpha value is -0.570. The van der Waals surface area contributed by atoms with Gasteiger partial charge in [-0.15, -0.1) is 0 Å². The van der Waals surface area contributed by atoms with Crippen LogP contribution in [-0.4, -0.2) is 4.98 Å². The molecule has 0 saturated heterocycles. The predicted octanol–water partition coefficient (Wildman–Crippen LogP) is 2.16. The molecule has 1 aromatic heterocycles. The molecule has 0 unspecified atom stereocenters. The summed E-state index contributed by atoms with van der Waals surface area (Å²) < 4.78 is 0.569. The van der Waals surface area contributed by atoms with Crippen molar-refractivity contribution in [2.45, 2.75) is 13.8 Å². The van der Waals surface area contributed by atoms with E-state index in [2.05, 4.69) is 20.9 Å². The number of aromatic amines is 1. The normalized spacial score (nSPS) is 7.90. The third kappa shape index (κ3) is 2.82. The van der Waals surface area contributed by atoms with Crippen LogP contribution in [-0.2, 0) is 0 Å². The molecule has 0 aliphatic rings. The summed E-state index contributed by atoms with van der Waals surface area (Å²) in [6.45, 7) is 4.00. The molecule has 2 nitrogen and oxygen atoms in total. The fourth-order valence-electron chi connectivity index (χ4n) is 0.401. The van der Waals surface area contributed by atoms with E-state index in [4.69, 9.17) is 0 Å². The number of nitrogens with one attached hydrogen (secondary N) is 1. The molecule has 56 valence electrons. The summed E-state index contributed by atoms with van der Waals surface area (Å²) >= 11 is 3.05. The topological polar surface area (TPSA) is 32.9 Å². The first kappa shape index (κ1) is 9.43. The van der Waals surface area contributed by atoms with E-state index in [1.54, 1.807) is 18.3 Å². The van der Waals surface area contributed by atoms with E-state index in [1.807, 2.05) is 13.8 Å². The van der Waals surface area contributed by atoms with E-state index in [1.165, 1.54) is 0 Å². The highest BCUT2D eigenvalue weighted by molar-refractivity contribution is 9.10. The first-order valence-corrected chi connectivity index (χ1v) is 3.93. The van der Waals surface area contributed by atoms with E-state index >= 15 is 0 Å².